The molecule has 3 saturated heterocycles. The van der Waals surface area contributed by atoms with Crippen LogP contribution in [-0.4, -0.2) is 86.9 Å². The van der Waals surface area contributed by atoms with Crippen LogP contribution in [0.3, 0.4) is 0 Å². The molecule has 0 amide bonds. The second kappa shape index (κ2) is 11.1. The van der Waals surface area contributed by atoms with Crippen molar-refractivity contribution >= 4 is 5.96 Å². The zero-order valence-electron chi connectivity index (χ0n) is 16.7. The van der Waals surface area contributed by atoms with E-state index in [4.69, 9.17) is 9.73 Å². The van der Waals surface area contributed by atoms with Crippen LogP contribution in [0, 0.1) is 0 Å². The fourth-order valence-corrected chi connectivity index (χ4v) is 4.40. The molecule has 3 fully saturated rings. The molecule has 3 heterocycles. The molecule has 6 heteroatoms. The van der Waals surface area contributed by atoms with Gasteiger partial charge in [-0.1, -0.05) is 12.8 Å². The lowest BCUT2D eigenvalue weighted by atomic mass is 10.2. The molecular formula is C20H39N5O. The maximum atomic E-state index is 6.03. The maximum absolute atomic E-state index is 6.03. The van der Waals surface area contributed by atoms with Crippen molar-refractivity contribution in [1.82, 2.24) is 20.4 Å². The largest absolute Gasteiger partial charge is 0.373 e. The molecule has 0 aromatic rings. The van der Waals surface area contributed by atoms with Crippen LogP contribution in [0.1, 0.15) is 51.9 Å². The normalized spacial score (nSPS) is 28.6. The van der Waals surface area contributed by atoms with Crippen LogP contribution in [0.25, 0.3) is 0 Å². The molecule has 0 radical (unpaired) electrons. The zero-order chi connectivity index (χ0) is 18.0. The van der Waals surface area contributed by atoms with Gasteiger partial charge in [-0.05, 0) is 65.2 Å². The van der Waals surface area contributed by atoms with Crippen LogP contribution >= 0.6 is 0 Å². The van der Waals surface area contributed by atoms with E-state index in [0.29, 0.717) is 6.04 Å². The number of morpholine rings is 1. The Morgan fingerprint density at radius 2 is 1.92 bits per heavy atom. The van der Waals surface area contributed by atoms with Gasteiger partial charge >= 0.3 is 0 Å². The van der Waals surface area contributed by atoms with Crippen molar-refractivity contribution < 1.29 is 4.74 Å². The predicted molar refractivity (Wildman–Crippen MR) is 108 cm³/mol. The van der Waals surface area contributed by atoms with E-state index in [1.807, 2.05) is 0 Å². The molecule has 0 bridgehead atoms. The summed E-state index contributed by atoms with van der Waals surface area (Å²) in [6.45, 7) is 11.7. The van der Waals surface area contributed by atoms with Crippen LogP contribution in [0.15, 0.2) is 4.99 Å². The Kier molecular flexibility index (Phi) is 8.49. The molecule has 2 atom stereocenters. The highest BCUT2D eigenvalue weighted by Crippen LogP contribution is 2.22. The summed E-state index contributed by atoms with van der Waals surface area (Å²) in [5.41, 5.74) is 0. The first kappa shape index (κ1) is 19.9. The molecule has 6 nitrogen and oxygen atoms in total. The number of hydrogen-bond donors (Lipinski definition) is 2. The number of aliphatic imine (C=N–C) groups is 1. The maximum Gasteiger partial charge on any atom is 0.191 e. The highest BCUT2D eigenvalue weighted by molar-refractivity contribution is 5.79. The van der Waals surface area contributed by atoms with Gasteiger partial charge in [-0.15, -0.1) is 0 Å². The van der Waals surface area contributed by atoms with Gasteiger partial charge in [0.15, 0.2) is 5.96 Å². The molecule has 2 N–H and O–H groups in total. The summed E-state index contributed by atoms with van der Waals surface area (Å²) in [5.74, 6) is 0.940. The standard InChI is InChI=1S/C20H39N5O/c1-2-21-20(22-10-8-13-24-11-5-3-4-6-12-24)23-15-19-16-25-14-7-9-18(25)17-26-19/h18-19H,2-17H2,1H3,(H2,21,22,23). The first-order valence-electron chi connectivity index (χ1n) is 11.0. The summed E-state index contributed by atoms with van der Waals surface area (Å²) in [6, 6.07) is 0.667. The lowest BCUT2D eigenvalue weighted by molar-refractivity contribution is -0.0432. The smallest absolute Gasteiger partial charge is 0.191 e. The molecule has 0 aliphatic carbocycles. The molecule has 2 unspecified atom stereocenters. The van der Waals surface area contributed by atoms with Gasteiger partial charge in [0.2, 0.25) is 0 Å². The SMILES string of the molecule is CCNC(=NCC1CN2CCCC2CO1)NCCCN1CCCCCC1. The number of nitrogens with zero attached hydrogens (tertiary/aromatic N) is 3. The molecule has 26 heavy (non-hydrogen) atoms. The molecule has 0 aromatic heterocycles. The molecule has 0 saturated carbocycles. The van der Waals surface area contributed by atoms with Crippen molar-refractivity contribution in [2.24, 2.45) is 4.99 Å². The third kappa shape index (κ3) is 6.39. The van der Waals surface area contributed by atoms with Gasteiger partial charge in [0.1, 0.15) is 0 Å². The summed E-state index contributed by atoms with van der Waals surface area (Å²) in [7, 11) is 0. The number of guanidine groups is 1. The van der Waals surface area contributed by atoms with E-state index >= 15 is 0 Å². The monoisotopic (exact) mass is 365 g/mol. The third-order valence-electron chi connectivity index (χ3n) is 5.90. The highest BCUT2D eigenvalue weighted by atomic mass is 16.5. The Morgan fingerprint density at radius 1 is 1.08 bits per heavy atom. The number of likely N-dealkylation sites (tertiary alicyclic amines) is 1. The number of hydrogen-bond acceptors (Lipinski definition) is 4. The van der Waals surface area contributed by atoms with Gasteiger partial charge in [0, 0.05) is 25.7 Å². The molecule has 150 valence electrons. The number of ether oxygens (including phenoxy) is 1. The van der Waals surface area contributed by atoms with E-state index in [1.165, 1.54) is 71.1 Å². The van der Waals surface area contributed by atoms with E-state index in [2.05, 4.69) is 27.4 Å². The van der Waals surface area contributed by atoms with Crippen LogP contribution < -0.4 is 10.6 Å². The van der Waals surface area contributed by atoms with E-state index < -0.39 is 0 Å². The van der Waals surface area contributed by atoms with Crippen molar-refractivity contribution in [2.45, 2.75) is 64.0 Å². The van der Waals surface area contributed by atoms with Gasteiger partial charge in [-0.25, -0.2) is 0 Å². The van der Waals surface area contributed by atoms with Crippen molar-refractivity contribution in [2.75, 3.05) is 59.0 Å². The third-order valence-corrected chi connectivity index (χ3v) is 5.90. The van der Waals surface area contributed by atoms with Gasteiger partial charge < -0.3 is 20.3 Å². The summed E-state index contributed by atoms with van der Waals surface area (Å²) < 4.78 is 6.03. The molecule has 3 aliphatic rings. The second-order valence-electron chi connectivity index (χ2n) is 8.00. The number of fused-ring (bicyclic) bond motifs is 1. The molecular weight excluding hydrogens is 326 g/mol. The Labute approximate surface area is 159 Å². The summed E-state index contributed by atoms with van der Waals surface area (Å²) in [6.07, 6.45) is 9.62. The van der Waals surface area contributed by atoms with Crippen LogP contribution in [0.4, 0.5) is 0 Å². The Morgan fingerprint density at radius 3 is 2.73 bits per heavy atom. The zero-order valence-corrected chi connectivity index (χ0v) is 16.7. The highest BCUT2D eigenvalue weighted by Gasteiger charge is 2.31. The topological polar surface area (TPSA) is 52.1 Å². The Hall–Kier alpha value is -0.850. The van der Waals surface area contributed by atoms with Crippen molar-refractivity contribution in [3.05, 3.63) is 0 Å². The number of nitrogens with one attached hydrogen (secondary N) is 2. The summed E-state index contributed by atoms with van der Waals surface area (Å²) >= 11 is 0. The molecule has 0 spiro atoms. The van der Waals surface area contributed by atoms with Crippen LogP contribution in [0.2, 0.25) is 0 Å². The minimum atomic E-state index is 0.247. The summed E-state index contributed by atoms with van der Waals surface area (Å²) in [4.78, 5) is 9.99. The fraction of sp³-hybridized carbons (Fsp3) is 0.950. The van der Waals surface area contributed by atoms with Crippen molar-refractivity contribution in [1.29, 1.82) is 0 Å². The van der Waals surface area contributed by atoms with E-state index in [1.54, 1.807) is 0 Å². The van der Waals surface area contributed by atoms with Crippen LogP contribution in [-0.2, 0) is 4.74 Å². The quantitative estimate of drug-likeness (QED) is 0.408. The van der Waals surface area contributed by atoms with Gasteiger partial charge in [0.25, 0.3) is 0 Å². The lowest BCUT2D eigenvalue weighted by Gasteiger charge is -2.34. The first-order chi connectivity index (χ1) is 12.8. The second-order valence-corrected chi connectivity index (χ2v) is 8.00. The average molecular weight is 366 g/mol. The van der Waals surface area contributed by atoms with Gasteiger partial charge in [-0.2, -0.15) is 0 Å². The lowest BCUT2D eigenvalue weighted by Crippen LogP contribution is -2.47. The van der Waals surface area contributed by atoms with E-state index in [9.17, 15) is 0 Å². The molecule has 3 rings (SSSR count). The molecule has 3 aliphatic heterocycles. The Balaban J connectivity index is 1.35. The predicted octanol–water partition coefficient (Wildman–Crippen LogP) is 1.67. The summed E-state index contributed by atoms with van der Waals surface area (Å²) in [5, 5.41) is 6.88. The first-order valence-corrected chi connectivity index (χ1v) is 11.0. The van der Waals surface area contributed by atoms with Crippen LogP contribution in [0.5, 0.6) is 0 Å². The van der Waals surface area contributed by atoms with Crippen molar-refractivity contribution in [3.8, 4) is 0 Å². The van der Waals surface area contributed by atoms with Crippen molar-refractivity contribution in [3.63, 3.8) is 0 Å². The fourth-order valence-electron chi connectivity index (χ4n) is 4.40. The average Bonchev–Trinajstić information content (AvgIpc) is 2.97. The molecule has 0 aromatic carbocycles. The minimum Gasteiger partial charge on any atom is -0.373 e. The van der Waals surface area contributed by atoms with Gasteiger partial charge in [-0.3, -0.25) is 9.89 Å². The minimum absolute atomic E-state index is 0.247. The van der Waals surface area contributed by atoms with Gasteiger partial charge in [0.05, 0.1) is 19.3 Å². The Bertz CT molecular complexity index is 422. The van der Waals surface area contributed by atoms with E-state index in [-0.39, 0.29) is 6.10 Å². The van der Waals surface area contributed by atoms with E-state index in [0.717, 1.165) is 38.7 Å². The number of rotatable bonds is 7.